The van der Waals surface area contributed by atoms with E-state index in [9.17, 15) is 31.9 Å². The Balaban J connectivity index is 1.56. The van der Waals surface area contributed by atoms with Gasteiger partial charge in [-0.15, -0.1) is 0 Å². The number of benzene rings is 2. The van der Waals surface area contributed by atoms with Gasteiger partial charge in [-0.25, -0.2) is 18.4 Å². The van der Waals surface area contributed by atoms with E-state index in [1.165, 1.54) is 5.32 Å². The van der Waals surface area contributed by atoms with Crippen molar-refractivity contribution in [1.29, 1.82) is 0 Å². The number of ether oxygens (including phenoxy) is 1. The van der Waals surface area contributed by atoms with Crippen molar-refractivity contribution in [3.63, 3.8) is 0 Å². The van der Waals surface area contributed by atoms with Crippen LogP contribution in [0.4, 0.5) is 22.4 Å². The van der Waals surface area contributed by atoms with E-state index < -0.39 is 49.3 Å². The maximum Gasteiger partial charge on any atom is 0.407 e. The smallest absolute Gasteiger partial charge is 0.407 e. The maximum absolute atomic E-state index is 14.0. The van der Waals surface area contributed by atoms with Crippen LogP contribution < -0.4 is 10.6 Å². The Morgan fingerprint density at radius 2 is 1.55 bits per heavy atom. The van der Waals surface area contributed by atoms with Crippen LogP contribution in [0, 0.1) is 0 Å². The van der Waals surface area contributed by atoms with E-state index in [1.54, 1.807) is 5.32 Å². The largest absolute Gasteiger partial charge is 0.480 e. The van der Waals surface area contributed by atoms with Gasteiger partial charge in [-0.1, -0.05) is 48.5 Å². The van der Waals surface area contributed by atoms with Gasteiger partial charge >= 0.3 is 18.0 Å². The van der Waals surface area contributed by atoms with E-state index in [2.05, 4.69) is 0 Å². The van der Waals surface area contributed by atoms with Gasteiger partial charge in [0.05, 0.1) is 6.54 Å². The summed E-state index contributed by atoms with van der Waals surface area (Å²) in [5, 5.41) is 11.9. The van der Waals surface area contributed by atoms with Gasteiger partial charge in [0.15, 0.2) is 0 Å². The minimum absolute atomic E-state index is 0.146. The lowest BCUT2D eigenvalue weighted by Gasteiger charge is -2.20. The average Bonchev–Trinajstić information content (AvgIpc) is 3.09. The molecule has 7 nitrogen and oxygen atoms in total. The maximum atomic E-state index is 14.0. The molecule has 0 bridgehead atoms. The summed E-state index contributed by atoms with van der Waals surface area (Å²) in [6.45, 7) is -1.65. The van der Waals surface area contributed by atoms with Gasteiger partial charge in [-0.2, -0.15) is 8.78 Å². The zero-order valence-electron chi connectivity index (χ0n) is 17.1. The number of carbonyl (C=O) groups excluding carboxylic acids is 2. The van der Waals surface area contributed by atoms with Gasteiger partial charge in [0.2, 0.25) is 6.43 Å². The van der Waals surface area contributed by atoms with Crippen LogP contribution in [0.5, 0.6) is 0 Å². The second-order valence-electron chi connectivity index (χ2n) is 7.37. The fourth-order valence-corrected chi connectivity index (χ4v) is 3.58. The molecule has 1 unspecified atom stereocenters. The van der Waals surface area contributed by atoms with Gasteiger partial charge in [0.25, 0.3) is 5.91 Å². The van der Waals surface area contributed by atoms with E-state index in [0.29, 0.717) is 0 Å². The lowest BCUT2D eigenvalue weighted by molar-refractivity contribution is -0.151. The number of carbonyl (C=O) groups is 3. The number of alkyl halides is 4. The van der Waals surface area contributed by atoms with Crippen LogP contribution in [0.25, 0.3) is 11.1 Å². The van der Waals surface area contributed by atoms with Crippen molar-refractivity contribution in [1.82, 2.24) is 10.6 Å². The SMILES string of the molecule is O=C(NCC(F)(F)C(=O)NC(CC(F)F)C(=O)O)OCC1c2ccccc2-c2ccccc21. The normalized spacial score (nSPS) is 13.7. The number of hydrogen-bond donors (Lipinski definition) is 3. The predicted octanol–water partition coefficient (Wildman–Crippen LogP) is 3.39. The Morgan fingerprint density at radius 3 is 2.06 bits per heavy atom. The Labute approximate surface area is 185 Å². The molecule has 1 aliphatic carbocycles. The van der Waals surface area contributed by atoms with Crippen LogP contribution in [0.1, 0.15) is 23.5 Å². The number of aliphatic carboxylic acids is 1. The lowest BCUT2D eigenvalue weighted by Crippen LogP contribution is -2.53. The minimum atomic E-state index is -4.25. The molecule has 3 N–H and O–H groups in total. The van der Waals surface area contributed by atoms with Gasteiger partial charge < -0.3 is 20.5 Å². The number of hydrogen-bond acceptors (Lipinski definition) is 4. The molecule has 0 saturated heterocycles. The number of nitrogens with one attached hydrogen (secondary N) is 2. The fraction of sp³-hybridized carbons (Fsp3) is 0.318. The van der Waals surface area contributed by atoms with Gasteiger partial charge in [-0.05, 0) is 22.3 Å². The van der Waals surface area contributed by atoms with E-state index in [1.807, 2.05) is 48.5 Å². The fourth-order valence-electron chi connectivity index (χ4n) is 3.58. The van der Waals surface area contributed by atoms with Crippen LogP contribution >= 0.6 is 0 Å². The van der Waals surface area contributed by atoms with Crippen molar-refractivity contribution in [2.75, 3.05) is 13.2 Å². The van der Waals surface area contributed by atoms with Crippen molar-refractivity contribution in [3.05, 3.63) is 59.7 Å². The molecule has 0 spiro atoms. The molecule has 176 valence electrons. The summed E-state index contributed by atoms with van der Waals surface area (Å²) in [6, 6.07) is 12.8. The molecule has 33 heavy (non-hydrogen) atoms. The van der Waals surface area contributed by atoms with Crippen molar-refractivity contribution in [2.45, 2.75) is 30.7 Å². The monoisotopic (exact) mass is 468 g/mol. The van der Waals surface area contributed by atoms with Gasteiger partial charge in [-0.3, -0.25) is 4.79 Å². The quantitative estimate of drug-likeness (QED) is 0.490. The molecule has 1 aliphatic rings. The number of fused-ring (bicyclic) bond motifs is 3. The first-order chi connectivity index (χ1) is 15.6. The lowest BCUT2D eigenvalue weighted by atomic mass is 9.98. The molecule has 2 aromatic carbocycles. The number of alkyl carbamates (subject to hydrolysis) is 1. The summed E-state index contributed by atoms with van der Waals surface area (Å²) in [4.78, 5) is 34.5. The van der Waals surface area contributed by atoms with Crippen molar-refractivity contribution in [3.8, 4) is 11.1 Å². The molecule has 11 heteroatoms. The molecule has 0 radical (unpaired) electrons. The second-order valence-corrected chi connectivity index (χ2v) is 7.37. The van der Waals surface area contributed by atoms with Crippen molar-refractivity contribution in [2.24, 2.45) is 0 Å². The molecule has 0 aromatic heterocycles. The van der Waals surface area contributed by atoms with Gasteiger partial charge in [0, 0.05) is 12.3 Å². The third-order valence-corrected chi connectivity index (χ3v) is 5.15. The van der Waals surface area contributed by atoms with E-state index in [4.69, 9.17) is 9.84 Å². The van der Waals surface area contributed by atoms with Crippen molar-refractivity contribution < 1.29 is 41.8 Å². The zero-order chi connectivity index (χ0) is 24.2. The third-order valence-electron chi connectivity index (χ3n) is 5.15. The highest BCUT2D eigenvalue weighted by atomic mass is 19.3. The molecule has 2 aromatic rings. The molecule has 3 rings (SSSR count). The Morgan fingerprint density at radius 1 is 1.00 bits per heavy atom. The molecule has 0 fully saturated rings. The standard InChI is InChI=1S/C22H20F4N2O5/c23-18(24)9-17(19(29)30)28-20(31)22(25,26)11-27-21(32)33-10-16-14-7-3-1-5-12(14)13-6-2-4-8-15(13)16/h1-8,16-18H,9-11H2,(H,27,32)(H,28,31)(H,29,30). The molecular weight excluding hydrogens is 448 g/mol. The predicted molar refractivity (Wildman–Crippen MR) is 108 cm³/mol. The Hall–Kier alpha value is -3.63. The number of carboxylic acids is 1. The summed E-state index contributed by atoms with van der Waals surface area (Å²) >= 11 is 0. The average molecular weight is 468 g/mol. The highest BCUT2D eigenvalue weighted by Gasteiger charge is 2.41. The molecule has 0 saturated carbocycles. The summed E-state index contributed by atoms with van der Waals surface area (Å²) in [6.07, 6.45) is -5.68. The summed E-state index contributed by atoms with van der Waals surface area (Å²) in [7, 11) is 0. The zero-order valence-corrected chi connectivity index (χ0v) is 17.1. The molecule has 1 atom stereocenters. The number of rotatable bonds is 9. The van der Waals surface area contributed by atoms with Crippen LogP contribution in [0.3, 0.4) is 0 Å². The topological polar surface area (TPSA) is 105 Å². The third kappa shape index (κ3) is 5.60. The molecular formula is C22H20F4N2O5. The molecule has 2 amide bonds. The van der Waals surface area contributed by atoms with E-state index >= 15 is 0 Å². The highest BCUT2D eigenvalue weighted by Crippen LogP contribution is 2.44. The highest BCUT2D eigenvalue weighted by molar-refractivity contribution is 5.88. The van der Waals surface area contributed by atoms with Crippen LogP contribution in [-0.2, 0) is 14.3 Å². The molecule has 0 aliphatic heterocycles. The summed E-state index contributed by atoms with van der Waals surface area (Å²) in [5.41, 5.74) is 3.77. The molecule has 0 heterocycles. The number of amides is 2. The first-order valence-electron chi connectivity index (χ1n) is 9.88. The number of halogens is 4. The van der Waals surface area contributed by atoms with Gasteiger partial charge in [0.1, 0.15) is 12.6 Å². The van der Waals surface area contributed by atoms with E-state index in [-0.39, 0.29) is 12.5 Å². The Bertz CT molecular complexity index is 1000. The summed E-state index contributed by atoms with van der Waals surface area (Å²) < 4.78 is 57.8. The van der Waals surface area contributed by atoms with Crippen molar-refractivity contribution >= 4 is 18.0 Å². The number of carboxylic acid groups (broad SMARTS) is 1. The first-order valence-corrected chi connectivity index (χ1v) is 9.88. The van der Waals surface area contributed by atoms with Crippen LogP contribution in [0.2, 0.25) is 0 Å². The second kappa shape index (κ2) is 9.88. The first kappa shape index (κ1) is 24.0. The van der Waals surface area contributed by atoms with Crippen LogP contribution in [-0.4, -0.2) is 54.6 Å². The minimum Gasteiger partial charge on any atom is -0.480 e. The Kier molecular flexibility index (Phi) is 7.19. The van der Waals surface area contributed by atoms with Crippen LogP contribution in [0.15, 0.2) is 48.5 Å². The summed E-state index contributed by atoms with van der Waals surface area (Å²) in [5.74, 6) is -8.54. The van der Waals surface area contributed by atoms with E-state index in [0.717, 1.165) is 22.3 Å².